The highest BCUT2D eigenvalue weighted by molar-refractivity contribution is 7.99. The van der Waals surface area contributed by atoms with E-state index in [0.717, 1.165) is 29.1 Å². The van der Waals surface area contributed by atoms with E-state index < -0.39 is 0 Å². The van der Waals surface area contributed by atoms with Gasteiger partial charge >= 0.3 is 0 Å². The van der Waals surface area contributed by atoms with E-state index in [2.05, 4.69) is 34.5 Å². The van der Waals surface area contributed by atoms with Gasteiger partial charge < -0.3 is 14.2 Å². The highest BCUT2D eigenvalue weighted by Gasteiger charge is 2.18. The van der Waals surface area contributed by atoms with E-state index in [1.165, 1.54) is 17.3 Å². The monoisotopic (exact) mass is 472 g/mol. The van der Waals surface area contributed by atoms with Crippen molar-refractivity contribution in [2.75, 3.05) is 19.4 Å². The molecule has 0 atom stereocenters. The number of ether oxygens (including phenoxy) is 1. The van der Waals surface area contributed by atoms with Gasteiger partial charge in [0, 0.05) is 25.7 Å². The molecule has 0 fully saturated rings. The molecule has 1 aromatic heterocycles. The first-order chi connectivity index (χ1) is 16.6. The van der Waals surface area contributed by atoms with Crippen LogP contribution in [0.2, 0.25) is 0 Å². The third kappa shape index (κ3) is 6.05. The van der Waals surface area contributed by atoms with Crippen LogP contribution in [0.25, 0.3) is 11.4 Å². The number of amides is 1. The Morgan fingerprint density at radius 2 is 1.65 bits per heavy atom. The molecule has 0 aliphatic carbocycles. The second-order valence-corrected chi connectivity index (χ2v) is 8.86. The molecular weight excluding hydrogens is 444 g/mol. The van der Waals surface area contributed by atoms with E-state index in [1.807, 2.05) is 77.2 Å². The number of hydrogen-bond acceptors (Lipinski definition) is 5. The van der Waals surface area contributed by atoms with Gasteiger partial charge in [-0.3, -0.25) is 4.79 Å². The van der Waals surface area contributed by atoms with Gasteiger partial charge in [-0.25, -0.2) is 0 Å². The second kappa shape index (κ2) is 11.5. The van der Waals surface area contributed by atoms with Crippen LogP contribution in [0.15, 0.2) is 90.1 Å². The molecule has 7 heteroatoms. The average molecular weight is 473 g/mol. The van der Waals surface area contributed by atoms with Gasteiger partial charge in [0.1, 0.15) is 5.75 Å². The van der Waals surface area contributed by atoms with Gasteiger partial charge in [0.05, 0.1) is 12.9 Å². The Morgan fingerprint density at radius 3 is 2.35 bits per heavy atom. The molecule has 0 aliphatic rings. The van der Waals surface area contributed by atoms with Gasteiger partial charge in [0.15, 0.2) is 11.0 Å². The molecule has 4 rings (SSSR count). The number of thioether (sulfide) groups is 1. The van der Waals surface area contributed by atoms with Gasteiger partial charge in [-0.2, -0.15) is 0 Å². The Morgan fingerprint density at radius 1 is 0.941 bits per heavy atom. The summed E-state index contributed by atoms with van der Waals surface area (Å²) in [6.45, 7) is 1.24. The first kappa shape index (κ1) is 23.6. The Bertz CT molecular complexity index is 1210. The summed E-state index contributed by atoms with van der Waals surface area (Å²) in [7, 11) is 3.56. The summed E-state index contributed by atoms with van der Waals surface area (Å²) in [5.74, 6) is 1.88. The lowest BCUT2D eigenvalue weighted by Gasteiger charge is -2.23. The molecule has 4 aromatic rings. The first-order valence-corrected chi connectivity index (χ1v) is 12.1. The number of aromatic nitrogens is 3. The van der Waals surface area contributed by atoms with Crippen LogP contribution in [-0.2, 0) is 24.8 Å². The summed E-state index contributed by atoms with van der Waals surface area (Å²) in [6.07, 6.45) is 0.814. The van der Waals surface area contributed by atoms with Crippen LogP contribution in [0.3, 0.4) is 0 Å². The van der Waals surface area contributed by atoms with Gasteiger partial charge in [0.25, 0.3) is 0 Å². The minimum atomic E-state index is 0.0794. The number of hydrogen-bond donors (Lipinski definition) is 0. The molecule has 1 amide bonds. The zero-order valence-electron chi connectivity index (χ0n) is 19.4. The summed E-state index contributed by atoms with van der Waals surface area (Å²) >= 11 is 1.41. The molecule has 0 aliphatic heterocycles. The topological polar surface area (TPSA) is 60.3 Å². The standard InChI is InChI=1S/C27H28N4O2S/c1-30-26(23-14-9-15-24(18-23)33-2)28-29-27(30)34-20-25(32)31(19-22-12-7-4-8-13-22)17-16-21-10-5-3-6-11-21/h3-15,18H,16-17,19-20H2,1-2H3. The fourth-order valence-electron chi connectivity index (χ4n) is 3.68. The molecule has 1 heterocycles. The summed E-state index contributed by atoms with van der Waals surface area (Å²) in [5, 5.41) is 9.36. The number of carbonyl (C=O) groups is 1. The smallest absolute Gasteiger partial charge is 0.233 e. The Labute approximate surface area is 204 Å². The molecule has 6 nitrogen and oxygen atoms in total. The largest absolute Gasteiger partial charge is 0.497 e. The predicted molar refractivity (Wildman–Crippen MR) is 136 cm³/mol. The maximum Gasteiger partial charge on any atom is 0.233 e. The maximum atomic E-state index is 13.2. The average Bonchev–Trinajstić information content (AvgIpc) is 3.26. The number of rotatable bonds is 10. The van der Waals surface area contributed by atoms with E-state index >= 15 is 0 Å². The van der Waals surface area contributed by atoms with Crippen LogP contribution < -0.4 is 4.74 Å². The summed E-state index contributed by atoms with van der Waals surface area (Å²) in [5.41, 5.74) is 3.26. The normalized spacial score (nSPS) is 10.8. The second-order valence-electron chi connectivity index (χ2n) is 7.92. The van der Waals surface area contributed by atoms with Crippen LogP contribution >= 0.6 is 11.8 Å². The van der Waals surface area contributed by atoms with Crippen molar-refractivity contribution in [3.05, 3.63) is 96.1 Å². The SMILES string of the molecule is COc1cccc(-c2nnc(SCC(=O)N(CCc3ccccc3)Cc3ccccc3)n2C)c1. The lowest BCUT2D eigenvalue weighted by Crippen LogP contribution is -2.34. The van der Waals surface area contributed by atoms with E-state index in [1.54, 1.807) is 7.11 Å². The predicted octanol–water partition coefficient (Wildman–Crippen LogP) is 4.85. The third-order valence-corrected chi connectivity index (χ3v) is 6.57. The van der Waals surface area contributed by atoms with Crippen molar-refractivity contribution >= 4 is 17.7 Å². The quantitative estimate of drug-likeness (QED) is 0.309. The van der Waals surface area contributed by atoms with Crippen LogP contribution in [0.4, 0.5) is 0 Å². The van der Waals surface area contributed by atoms with Crippen molar-refractivity contribution < 1.29 is 9.53 Å². The number of benzene rings is 3. The minimum Gasteiger partial charge on any atom is -0.497 e. The van der Waals surface area contributed by atoms with Gasteiger partial charge in [0.2, 0.25) is 5.91 Å². The third-order valence-electron chi connectivity index (χ3n) is 5.57. The van der Waals surface area contributed by atoms with E-state index in [-0.39, 0.29) is 5.91 Å². The Balaban J connectivity index is 1.44. The lowest BCUT2D eigenvalue weighted by atomic mass is 10.1. The number of methoxy groups -OCH3 is 1. The molecule has 0 spiro atoms. The van der Waals surface area contributed by atoms with Gasteiger partial charge in [-0.15, -0.1) is 10.2 Å². The molecule has 0 unspecified atom stereocenters. The maximum absolute atomic E-state index is 13.2. The molecule has 0 bridgehead atoms. The zero-order chi connectivity index (χ0) is 23.8. The van der Waals surface area contributed by atoms with Crippen molar-refractivity contribution in [3.8, 4) is 17.1 Å². The first-order valence-electron chi connectivity index (χ1n) is 11.2. The molecule has 174 valence electrons. The molecule has 0 saturated carbocycles. The van der Waals surface area contributed by atoms with Crippen LogP contribution in [0.1, 0.15) is 11.1 Å². The lowest BCUT2D eigenvalue weighted by molar-refractivity contribution is -0.128. The molecular formula is C27H28N4O2S. The van der Waals surface area contributed by atoms with Crippen molar-refractivity contribution in [1.82, 2.24) is 19.7 Å². The zero-order valence-corrected chi connectivity index (χ0v) is 20.2. The van der Waals surface area contributed by atoms with E-state index in [4.69, 9.17) is 4.74 Å². The van der Waals surface area contributed by atoms with Gasteiger partial charge in [-0.1, -0.05) is 84.6 Å². The van der Waals surface area contributed by atoms with E-state index in [9.17, 15) is 4.79 Å². The Hall–Kier alpha value is -3.58. The molecule has 0 N–H and O–H groups in total. The van der Waals surface area contributed by atoms with Crippen molar-refractivity contribution in [1.29, 1.82) is 0 Å². The van der Waals surface area contributed by atoms with Crippen LogP contribution in [0, 0.1) is 0 Å². The summed E-state index contributed by atoms with van der Waals surface area (Å²) in [6, 6.07) is 28.1. The van der Waals surface area contributed by atoms with Crippen molar-refractivity contribution in [3.63, 3.8) is 0 Å². The highest BCUT2D eigenvalue weighted by Crippen LogP contribution is 2.25. The minimum absolute atomic E-state index is 0.0794. The molecule has 3 aromatic carbocycles. The number of nitrogens with zero attached hydrogens (tertiary/aromatic N) is 4. The summed E-state index contributed by atoms with van der Waals surface area (Å²) in [4.78, 5) is 15.2. The fourth-order valence-corrected chi connectivity index (χ4v) is 4.49. The van der Waals surface area contributed by atoms with Crippen molar-refractivity contribution in [2.45, 2.75) is 18.1 Å². The number of carbonyl (C=O) groups excluding carboxylic acids is 1. The fraction of sp³-hybridized carbons (Fsp3) is 0.222. The summed E-state index contributed by atoms with van der Waals surface area (Å²) < 4.78 is 7.23. The Kier molecular flexibility index (Phi) is 7.99. The van der Waals surface area contributed by atoms with Crippen molar-refractivity contribution in [2.24, 2.45) is 7.05 Å². The van der Waals surface area contributed by atoms with E-state index in [0.29, 0.717) is 24.0 Å². The van der Waals surface area contributed by atoms with Gasteiger partial charge in [-0.05, 0) is 29.7 Å². The van der Waals surface area contributed by atoms with Crippen LogP contribution in [-0.4, -0.2) is 45.0 Å². The highest BCUT2D eigenvalue weighted by atomic mass is 32.2. The molecule has 34 heavy (non-hydrogen) atoms. The molecule has 0 saturated heterocycles. The van der Waals surface area contributed by atoms with Crippen LogP contribution in [0.5, 0.6) is 5.75 Å². The molecule has 0 radical (unpaired) electrons.